The van der Waals surface area contributed by atoms with Crippen molar-refractivity contribution in [2.24, 2.45) is 0 Å². The van der Waals surface area contributed by atoms with Crippen LogP contribution in [0.1, 0.15) is 63.1 Å². The molecule has 1 N–H and O–H groups in total. The van der Waals surface area contributed by atoms with Gasteiger partial charge >= 0.3 is 0 Å². The van der Waals surface area contributed by atoms with Crippen LogP contribution in [0.25, 0.3) is 17.7 Å². The SMILES string of the molecule is C=Cc1ccc(O)c(/C(C)=C\CCC)c1C=C.CCCCn1ccnc1. The summed E-state index contributed by atoms with van der Waals surface area (Å²) < 4.78 is 2.10. The summed E-state index contributed by atoms with van der Waals surface area (Å²) in [5.74, 6) is 0.301. The standard InChI is InChI=1S/C16H20O.C7H12N2/c1-5-8-9-12(4)16-14(7-3)13(6-2)10-11-15(16)17;1-2-3-5-9-6-4-8-7-9/h6-7,9-11,17H,2-3,5,8H2,1,4H3;4,6-7H,2-3,5H2,1H3/b12-9-;. The molecule has 0 spiro atoms. The number of phenols is 1. The van der Waals surface area contributed by atoms with Crippen LogP contribution in [0.2, 0.25) is 0 Å². The van der Waals surface area contributed by atoms with Gasteiger partial charge in [-0.2, -0.15) is 0 Å². The molecule has 3 heteroatoms. The van der Waals surface area contributed by atoms with Crippen molar-refractivity contribution < 1.29 is 5.11 Å². The Morgan fingerprint density at radius 2 is 1.96 bits per heavy atom. The average molecular weight is 353 g/mol. The normalized spacial score (nSPS) is 10.8. The van der Waals surface area contributed by atoms with Crippen molar-refractivity contribution in [1.82, 2.24) is 9.55 Å². The number of aryl methyl sites for hydroxylation is 1. The van der Waals surface area contributed by atoms with E-state index in [0.29, 0.717) is 5.75 Å². The fourth-order valence-electron chi connectivity index (χ4n) is 2.66. The summed E-state index contributed by atoms with van der Waals surface area (Å²) >= 11 is 0. The quantitative estimate of drug-likeness (QED) is 0.584. The molecule has 0 bridgehead atoms. The van der Waals surface area contributed by atoms with Crippen LogP contribution >= 0.6 is 0 Å². The molecule has 0 saturated heterocycles. The Hall–Kier alpha value is -2.55. The van der Waals surface area contributed by atoms with Crippen LogP contribution in [0.5, 0.6) is 5.75 Å². The van der Waals surface area contributed by atoms with Crippen molar-refractivity contribution in [2.45, 2.75) is 53.0 Å². The summed E-state index contributed by atoms with van der Waals surface area (Å²) in [4.78, 5) is 3.94. The van der Waals surface area contributed by atoms with Crippen LogP contribution in [0.3, 0.4) is 0 Å². The fourth-order valence-corrected chi connectivity index (χ4v) is 2.66. The Balaban J connectivity index is 0.000000314. The highest BCUT2D eigenvalue weighted by Gasteiger charge is 2.10. The van der Waals surface area contributed by atoms with Crippen molar-refractivity contribution in [1.29, 1.82) is 0 Å². The minimum absolute atomic E-state index is 0.301. The van der Waals surface area contributed by atoms with E-state index in [0.717, 1.165) is 41.6 Å². The molecule has 26 heavy (non-hydrogen) atoms. The van der Waals surface area contributed by atoms with E-state index < -0.39 is 0 Å². The third-order valence-electron chi connectivity index (χ3n) is 4.14. The molecule has 1 aromatic carbocycles. The monoisotopic (exact) mass is 352 g/mol. The molecule has 0 aliphatic carbocycles. The summed E-state index contributed by atoms with van der Waals surface area (Å²) in [7, 11) is 0. The predicted molar refractivity (Wildman–Crippen MR) is 114 cm³/mol. The van der Waals surface area contributed by atoms with Gasteiger partial charge < -0.3 is 9.67 Å². The maximum atomic E-state index is 9.99. The Morgan fingerprint density at radius 3 is 2.50 bits per heavy atom. The molecule has 0 fully saturated rings. The van der Waals surface area contributed by atoms with Gasteiger partial charge in [0, 0.05) is 24.5 Å². The van der Waals surface area contributed by atoms with Crippen molar-refractivity contribution >= 4 is 17.7 Å². The number of aromatic nitrogens is 2. The van der Waals surface area contributed by atoms with Crippen LogP contribution in [0.4, 0.5) is 0 Å². The third kappa shape index (κ3) is 6.40. The molecule has 3 nitrogen and oxygen atoms in total. The van der Waals surface area contributed by atoms with Gasteiger partial charge in [0.1, 0.15) is 5.75 Å². The first-order valence-corrected chi connectivity index (χ1v) is 9.32. The number of benzene rings is 1. The maximum Gasteiger partial charge on any atom is 0.123 e. The molecule has 2 aromatic rings. The molecular formula is C23H32N2O. The van der Waals surface area contributed by atoms with Gasteiger partial charge in [0.2, 0.25) is 0 Å². The van der Waals surface area contributed by atoms with Gasteiger partial charge in [-0.05, 0) is 42.5 Å². The van der Waals surface area contributed by atoms with E-state index in [2.05, 4.69) is 42.6 Å². The largest absolute Gasteiger partial charge is 0.507 e. The first-order valence-electron chi connectivity index (χ1n) is 9.32. The number of imidazole rings is 1. The average Bonchev–Trinajstić information content (AvgIpc) is 3.18. The Kier molecular flexibility index (Phi) is 9.85. The molecule has 1 heterocycles. The topological polar surface area (TPSA) is 38.0 Å². The summed E-state index contributed by atoms with van der Waals surface area (Å²) in [5, 5.41) is 9.99. The number of hydrogen-bond donors (Lipinski definition) is 1. The molecule has 0 amide bonds. The number of hydrogen-bond acceptors (Lipinski definition) is 2. The molecule has 0 atom stereocenters. The van der Waals surface area contributed by atoms with Gasteiger partial charge in [0.25, 0.3) is 0 Å². The molecular weight excluding hydrogens is 320 g/mol. The maximum absolute atomic E-state index is 9.99. The summed E-state index contributed by atoms with van der Waals surface area (Å²) in [6, 6.07) is 3.57. The second-order valence-electron chi connectivity index (χ2n) is 6.20. The van der Waals surface area contributed by atoms with Crippen LogP contribution in [-0.4, -0.2) is 14.7 Å². The zero-order valence-electron chi connectivity index (χ0n) is 16.4. The third-order valence-corrected chi connectivity index (χ3v) is 4.14. The van der Waals surface area contributed by atoms with Crippen molar-refractivity contribution in [3.8, 4) is 5.75 Å². The van der Waals surface area contributed by atoms with E-state index in [4.69, 9.17) is 0 Å². The highest BCUT2D eigenvalue weighted by molar-refractivity contribution is 5.81. The van der Waals surface area contributed by atoms with Crippen LogP contribution < -0.4 is 0 Å². The lowest BCUT2D eigenvalue weighted by molar-refractivity contribution is 0.473. The predicted octanol–water partition coefficient (Wildman–Crippen LogP) is 6.56. The molecule has 0 radical (unpaired) electrons. The minimum atomic E-state index is 0.301. The van der Waals surface area contributed by atoms with Crippen molar-refractivity contribution in [3.05, 3.63) is 66.8 Å². The Morgan fingerprint density at radius 1 is 1.19 bits per heavy atom. The Bertz CT molecular complexity index is 712. The van der Waals surface area contributed by atoms with E-state index in [1.54, 1.807) is 18.2 Å². The van der Waals surface area contributed by atoms with E-state index in [1.165, 1.54) is 12.8 Å². The summed E-state index contributed by atoms with van der Waals surface area (Å²) in [5.41, 5.74) is 3.90. The van der Waals surface area contributed by atoms with E-state index in [-0.39, 0.29) is 0 Å². The zero-order valence-corrected chi connectivity index (χ0v) is 16.4. The number of nitrogens with zero attached hydrogens (tertiary/aromatic N) is 2. The number of phenolic OH excluding ortho intramolecular Hbond substituents is 1. The minimum Gasteiger partial charge on any atom is -0.507 e. The number of rotatable bonds is 8. The first kappa shape index (κ1) is 21.5. The lowest BCUT2D eigenvalue weighted by Crippen LogP contribution is -1.92. The number of aromatic hydroxyl groups is 1. The van der Waals surface area contributed by atoms with Crippen molar-refractivity contribution in [3.63, 3.8) is 0 Å². The van der Waals surface area contributed by atoms with Crippen LogP contribution in [0, 0.1) is 0 Å². The second-order valence-corrected chi connectivity index (χ2v) is 6.20. The summed E-state index contributed by atoms with van der Waals surface area (Å²) in [6.07, 6.45) is 16.0. The van der Waals surface area contributed by atoms with Crippen molar-refractivity contribution in [2.75, 3.05) is 0 Å². The molecule has 0 saturated carbocycles. The van der Waals surface area contributed by atoms with Crippen LogP contribution in [0.15, 0.2) is 50.1 Å². The molecule has 0 aliphatic heterocycles. The van der Waals surface area contributed by atoms with Gasteiger partial charge in [-0.15, -0.1) is 0 Å². The van der Waals surface area contributed by atoms with Crippen LogP contribution in [-0.2, 0) is 6.54 Å². The lowest BCUT2D eigenvalue weighted by Gasteiger charge is -2.12. The van der Waals surface area contributed by atoms with Gasteiger partial charge in [0.05, 0.1) is 6.33 Å². The molecule has 1 aromatic heterocycles. The van der Waals surface area contributed by atoms with Gasteiger partial charge in [-0.25, -0.2) is 4.98 Å². The molecule has 0 unspecified atom stereocenters. The summed E-state index contributed by atoms with van der Waals surface area (Å²) in [6.45, 7) is 15.1. The highest BCUT2D eigenvalue weighted by Crippen LogP contribution is 2.32. The van der Waals surface area contributed by atoms with E-state index in [1.807, 2.05) is 31.7 Å². The number of unbranched alkanes of at least 4 members (excludes halogenated alkanes) is 2. The van der Waals surface area contributed by atoms with E-state index >= 15 is 0 Å². The molecule has 0 aliphatic rings. The van der Waals surface area contributed by atoms with Gasteiger partial charge in [0.15, 0.2) is 0 Å². The fraction of sp³-hybridized carbons (Fsp3) is 0.348. The first-order chi connectivity index (χ1) is 12.6. The zero-order chi connectivity index (χ0) is 19.4. The number of allylic oxidation sites excluding steroid dienone is 2. The van der Waals surface area contributed by atoms with Gasteiger partial charge in [-0.3, -0.25) is 0 Å². The second kappa shape index (κ2) is 11.9. The highest BCUT2D eigenvalue weighted by atomic mass is 16.3. The lowest BCUT2D eigenvalue weighted by atomic mass is 9.94. The molecule has 2 rings (SSSR count). The Labute approximate surface area is 158 Å². The smallest absolute Gasteiger partial charge is 0.123 e. The van der Waals surface area contributed by atoms with Gasteiger partial charge in [-0.1, -0.05) is 64.1 Å². The molecule has 140 valence electrons. The van der Waals surface area contributed by atoms with E-state index in [9.17, 15) is 5.11 Å².